The maximum absolute atomic E-state index is 13.1. The molecule has 3 aromatic rings. The van der Waals surface area contributed by atoms with Crippen molar-refractivity contribution in [3.05, 3.63) is 72.7 Å². The first kappa shape index (κ1) is 20.1. The molecule has 1 amide bonds. The molecule has 6 nitrogen and oxygen atoms in total. The molecule has 0 saturated heterocycles. The molecule has 0 aliphatic rings. The lowest BCUT2D eigenvalue weighted by Crippen LogP contribution is -2.42. The summed E-state index contributed by atoms with van der Waals surface area (Å²) < 4.78 is 29.7. The van der Waals surface area contributed by atoms with Crippen molar-refractivity contribution in [1.29, 1.82) is 0 Å². The first-order valence-corrected chi connectivity index (χ1v) is 8.90. The number of amides is 1. The number of nitrogens with one attached hydrogen (secondary N) is 1. The summed E-state index contributed by atoms with van der Waals surface area (Å²) in [6.07, 6.45) is 1.56. The average molecular weight is 396 g/mol. The summed E-state index contributed by atoms with van der Waals surface area (Å²) in [6, 6.07) is 15.8. The lowest BCUT2D eigenvalue weighted by atomic mass is 10.1. The highest BCUT2D eigenvalue weighted by atomic mass is 19.1. The molecule has 0 fully saturated rings. The SMILES string of the molecule is COc1ccc(Oc2ncccc2NC(=O)C(C)(C)Oc2ccc(F)cc2)cc1. The number of anilines is 1. The Morgan fingerprint density at radius 1 is 0.966 bits per heavy atom. The third kappa shape index (κ3) is 5.22. The van der Waals surface area contributed by atoms with Crippen LogP contribution in [-0.2, 0) is 4.79 Å². The van der Waals surface area contributed by atoms with E-state index in [0.29, 0.717) is 22.9 Å². The maximum atomic E-state index is 13.1. The highest BCUT2D eigenvalue weighted by molar-refractivity contribution is 5.97. The Morgan fingerprint density at radius 2 is 1.59 bits per heavy atom. The van der Waals surface area contributed by atoms with Crippen LogP contribution in [0.15, 0.2) is 66.9 Å². The second-order valence-corrected chi connectivity index (χ2v) is 6.65. The van der Waals surface area contributed by atoms with Gasteiger partial charge in [-0.3, -0.25) is 4.79 Å². The highest BCUT2D eigenvalue weighted by Gasteiger charge is 2.31. The molecule has 2 aromatic carbocycles. The molecule has 0 saturated carbocycles. The Kier molecular flexibility index (Phi) is 5.97. The number of methoxy groups -OCH3 is 1. The molecule has 1 heterocycles. The fraction of sp³-hybridized carbons (Fsp3) is 0.182. The Hall–Kier alpha value is -3.61. The number of halogens is 1. The summed E-state index contributed by atoms with van der Waals surface area (Å²) in [5.41, 5.74) is -0.825. The van der Waals surface area contributed by atoms with Gasteiger partial charge < -0.3 is 19.5 Å². The van der Waals surface area contributed by atoms with Gasteiger partial charge in [0.1, 0.15) is 28.8 Å². The molecule has 0 bridgehead atoms. The normalized spacial score (nSPS) is 10.9. The minimum absolute atomic E-state index is 0.239. The molecule has 3 rings (SSSR count). The Labute approximate surface area is 168 Å². The van der Waals surface area contributed by atoms with Gasteiger partial charge in [-0.2, -0.15) is 0 Å². The van der Waals surface area contributed by atoms with E-state index in [9.17, 15) is 9.18 Å². The Balaban J connectivity index is 1.73. The van der Waals surface area contributed by atoms with Crippen molar-refractivity contribution >= 4 is 11.6 Å². The summed E-state index contributed by atoms with van der Waals surface area (Å²) >= 11 is 0. The van der Waals surface area contributed by atoms with Crippen molar-refractivity contribution in [3.63, 3.8) is 0 Å². The van der Waals surface area contributed by atoms with Crippen LogP contribution in [0.4, 0.5) is 10.1 Å². The van der Waals surface area contributed by atoms with Crippen LogP contribution in [0.2, 0.25) is 0 Å². The monoisotopic (exact) mass is 396 g/mol. The molecule has 1 N–H and O–H groups in total. The maximum Gasteiger partial charge on any atom is 0.268 e. The molecule has 1 aromatic heterocycles. The van der Waals surface area contributed by atoms with Crippen molar-refractivity contribution in [2.45, 2.75) is 19.4 Å². The third-order valence-corrected chi connectivity index (χ3v) is 4.03. The summed E-state index contributed by atoms with van der Waals surface area (Å²) in [4.78, 5) is 17.0. The van der Waals surface area contributed by atoms with Crippen molar-refractivity contribution in [1.82, 2.24) is 4.98 Å². The Bertz CT molecular complexity index is 973. The number of rotatable bonds is 7. The van der Waals surface area contributed by atoms with E-state index in [4.69, 9.17) is 14.2 Å². The molecule has 0 aliphatic heterocycles. The summed E-state index contributed by atoms with van der Waals surface area (Å²) in [5.74, 6) is 1.08. The van der Waals surface area contributed by atoms with Gasteiger partial charge in [0, 0.05) is 6.20 Å². The molecular weight excluding hydrogens is 375 g/mol. The summed E-state index contributed by atoms with van der Waals surface area (Å²) in [7, 11) is 1.58. The zero-order valence-corrected chi connectivity index (χ0v) is 16.3. The van der Waals surface area contributed by atoms with Crippen LogP contribution in [0.3, 0.4) is 0 Å². The Morgan fingerprint density at radius 3 is 2.24 bits per heavy atom. The van der Waals surface area contributed by atoms with E-state index >= 15 is 0 Å². The predicted octanol–water partition coefficient (Wildman–Crippen LogP) is 4.82. The molecule has 0 atom stereocenters. The minimum Gasteiger partial charge on any atom is -0.497 e. The lowest BCUT2D eigenvalue weighted by molar-refractivity contribution is -0.128. The first-order chi connectivity index (χ1) is 13.9. The van der Waals surface area contributed by atoms with Crippen molar-refractivity contribution in [3.8, 4) is 23.1 Å². The van der Waals surface area contributed by atoms with E-state index in [1.54, 1.807) is 63.6 Å². The summed E-state index contributed by atoms with van der Waals surface area (Å²) in [6.45, 7) is 3.23. The number of carbonyl (C=O) groups is 1. The topological polar surface area (TPSA) is 69.7 Å². The van der Waals surface area contributed by atoms with E-state index in [-0.39, 0.29) is 11.7 Å². The lowest BCUT2D eigenvalue weighted by Gasteiger charge is -2.25. The van der Waals surface area contributed by atoms with Crippen molar-refractivity contribution in [2.24, 2.45) is 0 Å². The van der Waals surface area contributed by atoms with Gasteiger partial charge >= 0.3 is 0 Å². The van der Waals surface area contributed by atoms with Gasteiger partial charge in [0.25, 0.3) is 5.91 Å². The average Bonchev–Trinajstić information content (AvgIpc) is 2.71. The number of carbonyl (C=O) groups excluding carboxylic acids is 1. The van der Waals surface area contributed by atoms with Gasteiger partial charge in [-0.05, 0) is 74.5 Å². The van der Waals surface area contributed by atoms with Crippen LogP contribution in [0.5, 0.6) is 23.1 Å². The van der Waals surface area contributed by atoms with Gasteiger partial charge in [0.15, 0.2) is 5.60 Å². The molecule has 0 radical (unpaired) electrons. The summed E-state index contributed by atoms with van der Waals surface area (Å²) in [5, 5.41) is 2.78. The minimum atomic E-state index is -1.22. The highest BCUT2D eigenvalue weighted by Crippen LogP contribution is 2.29. The van der Waals surface area contributed by atoms with E-state index in [1.807, 2.05) is 0 Å². The number of benzene rings is 2. The third-order valence-electron chi connectivity index (χ3n) is 4.03. The fourth-order valence-electron chi connectivity index (χ4n) is 2.44. The van der Waals surface area contributed by atoms with Crippen LogP contribution in [0, 0.1) is 5.82 Å². The smallest absolute Gasteiger partial charge is 0.268 e. The van der Waals surface area contributed by atoms with E-state index < -0.39 is 11.5 Å². The number of pyridine rings is 1. The molecule has 0 unspecified atom stereocenters. The molecule has 0 spiro atoms. The molecular formula is C22H21FN2O4. The van der Waals surface area contributed by atoms with Gasteiger partial charge in [-0.15, -0.1) is 0 Å². The molecule has 150 valence electrons. The van der Waals surface area contributed by atoms with E-state index in [0.717, 1.165) is 0 Å². The largest absolute Gasteiger partial charge is 0.497 e. The van der Waals surface area contributed by atoms with E-state index in [2.05, 4.69) is 10.3 Å². The van der Waals surface area contributed by atoms with Crippen LogP contribution in [0.1, 0.15) is 13.8 Å². The first-order valence-electron chi connectivity index (χ1n) is 8.90. The zero-order valence-electron chi connectivity index (χ0n) is 16.3. The number of hydrogen-bond acceptors (Lipinski definition) is 5. The van der Waals surface area contributed by atoms with Crippen LogP contribution in [0.25, 0.3) is 0 Å². The standard InChI is InChI=1S/C22H21FN2O4/c1-22(2,29-18-8-6-15(23)7-9-18)21(26)25-19-5-4-14-24-20(19)28-17-12-10-16(27-3)11-13-17/h4-14H,1-3H3,(H,25,26). The van der Waals surface area contributed by atoms with Gasteiger partial charge in [0.05, 0.1) is 7.11 Å². The van der Waals surface area contributed by atoms with Crippen LogP contribution < -0.4 is 19.5 Å². The van der Waals surface area contributed by atoms with Crippen molar-refractivity contribution < 1.29 is 23.4 Å². The number of nitrogens with zero attached hydrogens (tertiary/aromatic N) is 1. The van der Waals surface area contributed by atoms with Crippen molar-refractivity contribution in [2.75, 3.05) is 12.4 Å². The second kappa shape index (κ2) is 8.60. The van der Waals surface area contributed by atoms with Crippen LogP contribution >= 0.6 is 0 Å². The molecule has 29 heavy (non-hydrogen) atoms. The quantitative estimate of drug-likeness (QED) is 0.620. The van der Waals surface area contributed by atoms with Crippen LogP contribution in [-0.4, -0.2) is 23.6 Å². The fourth-order valence-corrected chi connectivity index (χ4v) is 2.44. The van der Waals surface area contributed by atoms with Gasteiger partial charge in [-0.25, -0.2) is 9.37 Å². The van der Waals surface area contributed by atoms with Gasteiger partial charge in [-0.1, -0.05) is 0 Å². The predicted molar refractivity (Wildman–Crippen MR) is 107 cm³/mol. The molecule has 7 heteroatoms. The zero-order chi connectivity index (χ0) is 20.9. The molecule has 0 aliphatic carbocycles. The number of ether oxygens (including phenoxy) is 3. The second-order valence-electron chi connectivity index (χ2n) is 6.65. The number of aromatic nitrogens is 1. The number of hydrogen-bond donors (Lipinski definition) is 1. The van der Waals surface area contributed by atoms with E-state index in [1.165, 1.54) is 24.3 Å². The van der Waals surface area contributed by atoms with Gasteiger partial charge in [0.2, 0.25) is 5.88 Å².